The van der Waals surface area contributed by atoms with Crippen molar-refractivity contribution in [3.63, 3.8) is 0 Å². The van der Waals surface area contributed by atoms with Crippen LogP contribution in [0.25, 0.3) is 0 Å². The number of amides is 1. The van der Waals surface area contributed by atoms with E-state index in [0.29, 0.717) is 17.4 Å². The van der Waals surface area contributed by atoms with Crippen LogP contribution in [-0.4, -0.2) is 28.2 Å². The van der Waals surface area contributed by atoms with Gasteiger partial charge in [0, 0.05) is 12.6 Å². The molecule has 0 aromatic rings. The monoisotopic (exact) mass is 231 g/mol. The van der Waals surface area contributed by atoms with Gasteiger partial charge in [-0.25, -0.2) is 0 Å². The van der Waals surface area contributed by atoms with Gasteiger partial charge in [-0.3, -0.25) is 4.79 Å². The largest absolute Gasteiger partial charge is 0.338 e. The van der Waals surface area contributed by atoms with Crippen LogP contribution in [0, 0.1) is 5.41 Å². The Bertz CT molecular complexity index is 227. The van der Waals surface area contributed by atoms with Gasteiger partial charge in [0.15, 0.2) is 0 Å². The van der Waals surface area contributed by atoms with Gasteiger partial charge in [-0.1, -0.05) is 29.8 Å². The lowest BCUT2D eigenvalue weighted by molar-refractivity contribution is -0.128. The fraction of sp³-hybridized carbons (Fsp3) is 0.889. The van der Waals surface area contributed by atoms with Crippen molar-refractivity contribution in [1.29, 1.82) is 0 Å². The number of nitrogens with zero attached hydrogens (tertiary/aromatic N) is 1. The van der Waals surface area contributed by atoms with Crippen LogP contribution in [0.3, 0.4) is 0 Å². The molecule has 2 rings (SSSR count). The Morgan fingerprint density at radius 1 is 1.58 bits per heavy atom. The highest BCUT2D eigenvalue weighted by molar-refractivity contribution is 9.10. The quantitative estimate of drug-likeness (QED) is 0.631. The van der Waals surface area contributed by atoms with E-state index >= 15 is 0 Å². The molecule has 1 saturated carbocycles. The molecule has 2 atom stereocenters. The summed E-state index contributed by atoms with van der Waals surface area (Å²) < 4.78 is 0. The van der Waals surface area contributed by atoms with E-state index in [1.54, 1.807) is 0 Å². The van der Waals surface area contributed by atoms with Crippen molar-refractivity contribution >= 4 is 21.8 Å². The van der Waals surface area contributed by atoms with Gasteiger partial charge < -0.3 is 4.90 Å². The summed E-state index contributed by atoms with van der Waals surface area (Å²) in [6.07, 6.45) is 2.16. The zero-order valence-electron chi connectivity index (χ0n) is 7.51. The fourth-order valence-electron chi connectivity index (χ4n) is 1.95. The summed E-state index contributed by atoms with van der Waals surface area (Å²) in [6, 6.07) is 0.521. The molecule has 68 valence electrons. The standard InChI is InChI=1S/C9H14BrNO/c1-9(2)5-7(9)11-4-3-6(10)8(11)12/h6-7H,3-5H2,1-2H3. The zero-order chi connectivity index (χ0) is 8.93. The van der Waals surface area contributed by atoms with Crippen molar-refractivity contribution in [1.82, 2.24) is 4.90 Å². The number of carbonyl (C=O) groups excluding carboxylic acids is 1. The highest BCUT2D eigenvalue weighted by atomic mass is 79.9. The Kier molecular flexibility index (Phi) is 1.76. The maximum atomic E-state index is 11.6. The molecular weight excluding hydrogens is 218 g/mol. The number of likely N-dealkylation sites (tertiary alicyclic amines) is 1. The molecule has 1 aliphatic carbocycles. The van der Waals surface area contributed by atoms with E-state index in [2.05, 4.69) is 29.8 Å². The predicted molar refractivity (Wildman–Crippen MR) is 51.2 cm³/mol. The van der Waals surface area contributed by atoms with E-state index in [1.807, 2.05) is 4.90 Å². The normalized spacial score (nSPS) is 38.9. The molecule has 0 N–H and O–H groups in total. The minimum absolute atomic E-state index is 0.0916. The lowest BCUT2D eigenvalue weighted by Gasteiger charge is -2.17. The summed E-state index contributed by atoms with van der Waals surface area (Å²) in [5, 5.41) is 0. The van der Waals surface area contributed by atoms with Crippen molar-refractivity contribution in [2.75, 3.05) is 6.54 Å². The first-order chi connectivity index (χ1) is 5.52. The molecule has 1 aliphatic heterocycles. The van der Waals surface area contributed by atoms with Crippen molar-refractivity contribution in [2.24, 2.45) is 5.41 Å². The SMILES string of the molecule is CC1(C)CC1N1CCC(Br)C1=O. The minimum atomic E-state index is 0.0916. The third kappa shape index (κ3) is 1.18. The minimum Gasteiger partial charge on any atom is -0.338 e. The Morgan fingerprint density at radius 2 is 2.17 bits per heavy atom. The Morgan fingerprint density at radius 3 is 2.50 bits per heavy atom. The number of hydrogen-bond acceptors (Lipinski definition) is 1. The van der Waals surface area contributed by atoms with E-state index in [4.69, 9.17) is 0 Å². The molecule has 2 nitrogen and oxygen atoms in total. The molecule has 2 unspecified atom stereocenters. The second-order valence-electron chi connectivity index (χ2n) is 4.50. The Balaban J connectivity index is 2.04. The second-order valence-corrected chi connectivity index (χ2v) is 5.60. The topological polar surface area (TPSA) is 20.3 Å². The second kappa shape index (κ2) is 2.47. The molecule has 1 heterocycles. The van der Waals surface area contributed by atoms with Crippen LogP contribution in [0.4, 0.5) is 0 Å². The summed E-state index contributed by atoms with van der Waals surface area (Å²) in [5.41, 5.74) is 0.382. The summed E-state index contributed by atoms with van der Waals surface area (Å²) >= 11 is 3.39. The van der Waals surface area contributed by atoms with Crippen LogP contribution in [-0.2, 0) is 4.79 Å². The van der Waals surface area contributed by atoms with Crippen LogP contribution in [0.5, 0.6) is 0 Å². The van der Waals surface area contributed by atoms with Gasteiger partial charge in [-0.15, -0.1) is 0 Å². The first-order valence-electron chi connectivity index (χ1n) is 4.47. The van der Waals surface area contributed by atoms with Gasteiger partial charge in [-0.2, -0.15) is 0 Å². The third-order valence-electron chi connectivity index (χ3n) is 3.01. The van der Waals surface area contributed by atoms with Crippen LogP contribution in [0.1, 0.15) is 26.7 Å². The summed E-state index contributed by atoms with van der Waals surface area (Å²) in [5.74, 6) is 0.297. The average molecular weight is 232 g/mol. The smallest absolute Gasteiger partial charge is 0.236 e. The fourth-order valence-corrected chi connectivity index (χ4v) is 2.41. The highest BCUT2D eigenvalue weighted by Crippen LogP contribution is 2.49. The summed E-state index contributed by atoms with van der Waals surface area (Å²) in [4.78, 5) is 13.7. The van der Waals surface area contributed by atoms with Gasteiger partial charge in [0.2, 0.25) is 5.91 Å². The molecule has 12 heavy (non-hydrogen) atoms. The van der Waals surface area contributed by atoms with Crippen LogP contribution < -0.4 is 0 Å². The van der Waals surface area contributed by atoms with Gasteiger partial charge in [0.25, 0.3) is 0 Å². The molecule has 0 aromatic heterocycles. The molecule has 2 fully saturated rings. The first kappa shape index (κ1) is 8.54. The number of rotatable bonds is 1. The Hall–Kier alpha value is -0.0500. The third-order valence-corrected chi connectivity index (χ3v) is 3.86. The summed E-state index contributed by atoms with van der Waals surface area (Å²) in [6.45, 7) is 5.40. The molecule has 0 bridgehead atoms. The van der Waals surface area contributed by atoms with Crippen LogP contribution >= 0.6 is 15.9 Å². The molecule has 1 amide bonds. The number of halogens is 1. The van der Waals surface area contributed by atoms with Crippen molar-refractivity contribution in [3.8, 4) is 0 Å². The first-order valence-corrected chi connectivity index (χ1v) is 5.38. The Labute approximate surface area is 81.4 Å². The van der Waals surface area contributed by atoms with Crippen LogP contribution in [0.15, 0.2) is 0 Å². The van der Waals surface area contributed by atoms with Gasteiger partial charge in [-0.05, 0) is 18.3 Å². The van der Waals surface area contributed by atoms with E-state index in [1.165, 1.54) is 6.42 Å². The molecule has 3 heteroatoms. The predicted octanol–water partition coefficient (Wildman–Crippen LogP) is 1.78. The number of hydrogen-bond donors (Lipinski definition) is 0. The lowest BCUT2D eigenvalue weighted by atomic mass is 10.2. The average Bonchev–Trinajstić information content (AvgIpc) is 2.47. The van der Waals surface area contributed by atoms with Crippen LogP contribution in [0.2, 0.25) is 0 Å². The number of alkyl halides is 1. The number of carbonyl (C=O) groups is 1. The lowest BCUT2D eigenvalue weighted by Crippen LogP contribution is -2.31. The van der Waals surface area contributed by atoms with Gasteiger partial charge in [0.05, 0.1) is 4.83 Å². The maximum Gasteiger partial charge on any atom is 0.236 e. The van der Waals surface area contributed by atoms with Crippen molar-refractivity contribution in [2.45, 2.75) is 37.6 Å². The zero-order valence-corrected chi connectivity index (χ0v) is 9.10. The highest BCUT2D eigenvalue weighted by Gasteiger charge is 2.52. The van der Waals surface area contributed by atoms with Gasteiger partial charge >= 0.3 is 0 Å². The van der Waals surface area contributed by atoms with Crippen molar-refractivity contribution in [3.05, 3.63) is 0 Å². The van der Waals surface area contributed by atoms with E-state index in [9.17, 15) is 4.79 Å². The molecule has 0 spiro atoms. The van der Waals surface area contributed by atoms with Gasteiger partial charge in [0.1, 0.15) is 0 Å². The molecule has 0 radical (unpaired) electrons. The van der Waals surface area contributed by atoms with Crippen molar-refractivity contribution < 1.29 is 4.79 Å². The summed E-state index contributed by atoms with van der Waals surface area (Å²) in [7, 11) is 0. The van der Waals surface area contributed by atoms with E-state index in [-0.39, 0.29) is 4.83 Å². The molecular formula is C9H14BrNO. The molecule has 2 aliphatic rings. The molecule has 1 saturated heterocycles. The van der Waals surface area contributed by atoms with E-state index < -0.39 is 0 Å². The maximum absolute atomic E-state index is 11.6. The molecule has 0 aromatic carbocycles. The van der Waals surface area contributed by atoms with E-state index in [0.717, 1.165) is 13.0 Å².